The highest BCUT2D eigenvalue weighted by Crippen LogP contribution is 2.34. The van der Waals surface area contributed by atoms with Gasteiger partial charge in [-0.3, -0.25) is 0 Å². The van der Waals surface area contributed by atoms with Crippen LogP contribution < -0.4 is 0 Å². The van der Waals surface area contributed by atoms with Crippen LogP contribution in [-0.2, 0) is 4.74 Å². The number of unbranched alkanes of at least 4 members (excludes halogenated alkanes) is 2. The molecule has 0 N–H and O–H groups in total. The van der Waals surface area contributed by atoms with Crippen LogP contribution in [0.3, 0.4) is 0 Å². The van der Waals surface area contributed by atoms with E-state index in [4.69, 9.17) is 4.74 Å². The molecule has 0 saturated heterocycles. The summed E-state index contributed by atoms with van der Waals surface area (Å²) in [4.78, 5) is 0. The molecule has 0 amide bonds. The van der Waals surface area contributed by atoms with Gasteiger partial charge in [-0.25, -0.2) is 0 Å². The molecule has 1 aliphatic carbocycles. The van der Waals surface area contributed by atoms with E-state index >= 15 is 0 Å². The lowest BCUT2D eigenvalue weighted by molar-refractivity contribution is 0.0848. The maximum Gasteiger partial charge on any atom is 0.105 e. The molecule has 0 bridgehead atoms. The van der Waals surface area contributed by atoms with E-state index in [1.165, 1.54) is 44.1 Å². The zero-order valence-corrected chi connectivity index (χ0v) is 13.2. The van der Waals surface area contributed by atoms with E-state index in [0.29, 0.717) is 12.0 Å². The Balaban J connectivity index is 1.85. The summed E-state index contributed by atoms with van der Waals surface area (Å²) >= 11 is 0. The van der Waals surface area contributed by atoms with E-state index in [0.717, 1.165) is 6.42 Å². The number of hydrogen-bond acceptors (Lipinski definition) is 1. The minimum absolute atomic E-state index is 0.335. The molecule has 0 aromatic heterocycles. The third kappa shape index (κ3) is 5.41. The first-order valence-corrected chi connectivity index (χ1v) is 8.44. The summed E-state index contributed by atoms with van der Waals surface area (Å²) in [6, 6.07) is 10.8. The van der Waals surface area contributed by atoms with Crippen molar-refractivity contribution in [1.82, 2.24) is 0 Å². The largest absolute Gasteiger partial charge is 0.497 e. The average Bonchev–Trinajstić information content (AvgIpc) is 2.55. The Kier molecular flexibility index (Phi) is 7.14. The topological polar surface area (TPSA) is 9.23 Å². The summed E-state index contributed by atoms with van der Waals surface area (Å²) < 4.78 is 6.02. The highest BCUT2D eigenvalue weighted by atomic mass is 16.5. The van der Waals surface area contributed by atoms with Crippen LogP contribution in [0.15, 0.2) is 54.8 Å². The molecule has 2 rings (SSSR count). The van der Waals surface area contributed by atoms with Crippen molar-refractivity contribution >= 4 is 0 Å². The maximum atomic E-state index is 6.02. The molecule has 21 heavy (non-hydrogen) atoms. The molecule has 0 aliphatic heterocycles. The van der Waals surface area contributed by atoms with Crippen molar-refractivity contribution in [2.75, 3.05) is 0 Å². The van der Waals surface area contributed by atoms with E-state index < -0.39 is 0 Å². The molecule has 0 spiro atoms. The molecule has 0 radical (unpaired) electrons. The monoisotopic (exact) mass is 284 g/mol. The minimum atomic E-state index is 0.335. The lowest BCUT2D eigenvalue weighted by Gasteiger charge is -2.31. The Morgan fingerprint density at radius 3 is 2.71 bits per heavy atom. The average molecular weight is 284 g/mol. The predicted octanol–water partition coefficient (Wildman–Crippen LogP) is 5.99. The minimum Gasteiger partial charge on any atom is -0.497 e. The lowest BCUT2D eigenvalue weighted by Crippen LogP contribution is -2.24. The first-order chi connectivity index (χ1) is 10.4. The maximum absolute atomic E-state index is 6.02. The van der Waals surface area contributed by atoms with E-state index in [2.05, 4.69) is 49.4 Å². The van der Waals surface area contributed by atoms with E-state index in [1.54, 1.807) is 0 Å². The lowest BCUT2D eigenvalue weighted by atomic mass is 9.81. The van der Waals surface area contributed by atoms with Crippen LogP contribution in [0.25, 0.3) is 0 Å². The van der Waals surface area contributed by atoms with E-state index in [1.807, 2.05) is 12.3 Å². The van der Waals surface area contributed by atoms with Gasteiger partial charge in [-0.2, -0.15) is 0 Å². The Bertz CT molecular complexity index is 432. The van der Waals surface area contributed by atoms with Gasteiger partial charge >= 0.3 is 0 Å². The molecule has 1 nitrogen and oxygen atoms in total. The quantitative estimate of drug-likeness (QED) is 0.339. The van der Waals surface area contributed by atoms with Crippen molar-refractivity contribution in [3.8, 4) is 0 Å². The molecule has 2 atom stereocenters. The van der Waals surface area contributed by atoms with Crippen LogP contribution in [0.2, 0.25) is 0 Å². The normalized spacial score (nSPS) is 22.9. The Morgan fingerprint density at radius 2 is 1.90 bits per heavy atom. The molecular weight excluding hydrogens is 256 g/mol. The molecule has 1 aliphatic rings. The summed E-state index contributed by atoms with van der Waals surface area (Å²) in [7, 11) is 0. The molecule has 1 heteroatoms. The summed E-state index contributed by atoms with van der Waals surface area (Å²) in [6.45, 7) is 2.22. The highest BCUT2D eigenvalue weighted by molar-refractivity contribution is 5.21. The van der Waals surface area contributed by atoms with Crippen LogP contribution in [0.1, 0.15) is 63.4 Å². The summed E-state index contributed by atoms with van der Waals surface area (Å²) in [5, 5.41) is 0. The zero-order chi connectivity index (χ0) is 14.8. The van der Waals surface area contributed by atoms with Gasteiger partial charge in [0, 0.05) is 5.92 Å². The van der Waals surface area contributed by atoms with Gasteiger partial charge in [0.1, 0.15) is 6.10 Å². The molecule has 0 heterocycles. The van der Waals surface area contributed by atoms with Gasteiger partial charge in [0.15, 0.2) is 0 Å². The Morgan fingerprint density at radius 1 is 1.10 bits per heavy atom. The van der Waals surface area contributed by atoms with Crippen LogP contribution >= 0.6 is 0 Å². The van der Waals surface area contributed by atoms with Gasteiger partial charge in [0.05, 0.1) is 6.26 Å². The SMILES string of the molecule is CCCC/C=C\C=C/O[C@H]1CCCC[C@@H]1c1ccccc1. The molecule has 1 aromatic rings. The fourth-order valence-corrected chi connectivity index (χ4v) is 3.03. The molecule has 1 aromatic carbocycles. The van der Waals surface area contributed by atoms with Crippen molar-refractivity contribution in [2.45, 2.75) is 63.9 Å². The first kappa shape index (κ1) is 15.9. The summed E-state index contributed by atoms with van der Waals surface area (Å²) in [6.07, 6.45) is 17.3. The fraction of sp³-hybridized carbons (Fsp3) is 0.500. The fourth-order valence-electron chi connectivity index (χ4n) is 3.03. The second-order valence-corrected chi connectivity index (χ2v) is 5.88. The van der Waals surface area contributed by atoms with Crippen molar-refractivity contribution in [1.29, 1.82) is 0 Å². The summed E-state index contributed by atoms with van der Waals surface area (Å²) in [5.74, 6) is 0.550. The number of benzene rings is 1. The second kappa shape index (κ2) is 9.44. The predicted molar refractivity (Wildman–Crippen MR) is 90.3 cm³/mol. The molecular formula is C20H28O. The van der Waals surface area contributed by atoms with Crippen LogP contribution in [0, 0.1) is 0 Å². The zero-order valence-electron chi connectivity index (χ0n) is 13.2. The van der Waals surface area contributed by atoms with Gasteiger partial charge in [0.25, 0.3) is 0 Å². The standard InChI is InChI=1S/C20H28O/c1-2-3-4-5-6-12-17-21-20-16-11-10-15-19(20)18-13-8-7-9-14-18/h5-9,12-14,17,19-20H,2-4,10-11,15-16H2,1H3/b6-5-,17-12-/t19-,20+/m1/s1. The Labute approximate surface area is 129 Å². The van der Waals surface area contributed by atoms with Gasteiger partial charge in [-0.1, -0.05) is 68.7 Å². The van der Waals surface area contributed by atoms with E-state index in [-0.39, 0.29) is 0 Å². The molecule has 0 unspecified atom stereocenters. The van der Waals surface area contributed by atoms with Crippen molar-refractivity contribution in [3.05, 3.63) is 60.4 Å². The number of hydrogen-bond donors (Lipinski definition) is 0. The third-order valence-electron chi connectivity index (χ3n) is 4.23. The van der Waals surface area contributed by atoms with Gasteiger partial charge < -0.3 is 4.74 Å². The number of ether oxygens (including phenoxy) is 1. The first-order valence-electron chi connectivity index (χ1n) is 8.44. The van der Waals surface area contributed by atoms with Crippen LogP contribution in [-0.4, -0.2) is 6.10 Å². The molecule has 1 saturated carbocycles. The van der Waals surface area contributed by atoms with Crippen LogP contribution in [0.5, 0.6) is 0 Å². The van der Waals surface area contributed by atoms with Gasteiger partial charge in [0.2, 0.25) is 0 Å². The third-order valence-corrected chi connectivity index (χ3v) is 4.23. The van der Waals surface area contributed by atoms with E-state index in [9.17, 15) is 0 Å². The highest BCUT2D eigenvalue weighted by Gasteiger charge is 2.26. The number of rotatable bonds is 7. The second-order valence-electron chi connectivity index (χ2n) is 5.88. The summed E-state index contributed by atoms with van der Waals surface area (Å²) in [5.41, 5.74) is 1.43. The smallest absolute Gasteiger partial charge is 0.105 e. The molecule has 114 valence electrons. The Hall–Kier alpha value is -1.50. The van der Waals surface area contributed by atoms with Crippen molar-refractivity contribution in [3.63, 3.8) is 0 Å². The molecule has 1 fully saturated rings. The van der Waals surface area contributed by atoms with Gasteiger partial charge in [-0.15, -0.1) is 0 Å². The number of allylic oxidation sites excluding steroid dienone is 3. The van der Waals surface area contributed by atoms with Crippen molar-refractivity contribution in [2.24, 2.45) is 0 Å². The van der Waals surface area contributed by atoms with Crippen LogP contribution in [0.4, 0.5) is 0 Å². The van der Waals surface area contributed by atoms with Crippen molar-refractivity contribution < 1.29 is 4.74 Å². The van der Waals surface area contributed by atoms with Gasteiger partial charge in [-0.05, 0) is 37.3 Å².